The van der Waals surface area contributed by atoms with Crippen LogP contribution in [0.1, 0.15) is 25.7 Å². The van der Waals surface area contributed by atoms with E-state index >= 15 is 0 Å². The highest BCUT2D eigenvalue weighted by molar-refractivity contribution is 7.80. The van der Waals surface area contributed by atoms with Gasteiger partial charge in [-0.15, -0.1) is 12.6 Å². The van der Waals surface area contributed by atoms with Crippen LogP contribution in [0.4, 0.5) is 11.8 Å². The number of morpholine rings is 1. The maximum Gasteiger partial charge on any atom is 0.224 e. The van der Waals surface area contributed by atoms with Gasteiger partial charge in [-0.3, -0.25) is 0 Å². The predicted molar refractivity (Wildman–Crippen MR) is 89.6 cm³/mol. The third-order valence-corrected chi connectivity index (χ3v) is 4.57. The molecule has 0 amide bonds. The van der Waals surface area contributed by atoms with Gasteiger partial charge in [-0.05, 0) is 31.7 Å². The Kier molecular flexibility index (Phi) is 5.28. The highest BCUT2D eigenvalue weighted by atomic mass is 35.5. The molecule has 2 fully saturated rings. The lowest BCUT2D eigenvalue weighted by atomic mass is 9.93. The SMILES string of the molecule is OC1CCC(Nc2nccc(N3C[C@@H](S)O[C@H](Cl)C3)n2)CC1. The largest absolute Gasteiger partial charge is 0.393 e. The number of ether oxygens (including phenoxy) is 1. The fourth-order valence-electron chi connectivity index (χ4n) is 2.88. The van der Waals surface area contributed by atoms with Crippen LogP contribution >= 0.6 is 24.2 Å². The summed E-state index contributed by atoms with van der Waals surface area (Å²) in [5, 5.41) is 12.9. The second-order valence-corrected chi connectivity index (χ2v) is 6.86. The number of aliphatic hydroxyl groups is 1. The third-order valence-electron chi connectivity index (χ3n) is 4.04. The summed E-state index contributed by atoms with van der Waals surface area (Å²) in [6, 6.07) is 2.19. The fourth-order valence-corrected chi connectivity index (χ4v) is 3.58. The molecule has 0 unspecified atom stereocenters. The zero-order valence-electron chi connectivity index (χ0n) is 12.2. The number of nitrogens with zero attached hydrogens (tertiary/aromatic N) is 3. The average molecular weight is 345 g/mol. The lowest BCUT2D eigenvalue weighted by molar-refractivity contribution is 0.0716. The Morgan fingerprint density at radius 3 is 2.82 bits per heavy atom. The van der Waals surface area contributed by atoms with Crippen LogP contribution in [0.25, 0.3) is 0 Å². The number of anilines is 2. The molecule has 0 aromatic carbocycles. The van der Waals surface area contributed by atoms with Crippen molar-refractivity contribution in [1.29, 1.82) is 0 Å². The molecule has 3 rings (SSSR count). The number of nitrogens with one attached hydrogen (secondary N) is 1. The van der Waals surface area contributed by atoms with Crippen LogP contribution in [-0.2, 0) is 4.74 Å². The first kappa shape index (κ1) is 16.1. The minimum absolute atomic E-state index is 0.161. The van der Waals surface area contributed by atoms with Gasteiger partial charge in [0, 0.05) is 12.2 Å². The molecule has 2 N–H and O–H groups in total. The van der Waals surface area contributed by atoms with Crippen LogP contribution in [-0.4, -0.2) is 51.3 Å². The fraction of sp³-hybridized carbons (Fsp3) is 0.714. The van der Waals surface area contributed by atoms with E-state index in [2.05, 4.69) is 32.8 Å². The molecule has 0 radical (unpaired) electrons. The van der Waals surface area contributed by atoms with E-state index in [9.17, 15) is 5.11 Å². The van der Waals surface area contributed by atoms with Crippen molar-refractivity contribution in [3.8, 4) is 0 Å². The number of aromatic nitrogens is 2. The monoisotopic (exact) mass is 344 g/mol. The second-order valence-electron chi connectivity index (χ2n) is 5.79. The van der Waals surface area contributed by atoms with E-state index in [1.54, 1.807) is 6.20 Å². The maximum absolute atomic E-state index is 9.56. The van der Waals surface area contributed by atoms with Crippen LogP contribution in [0, 0.1) is 0 Å². The molecule has 1 aromatic heterocycles. The average Bonchev–Trinajstić information content (AvgIpc) is 2.49. The second kappa shape index (κ2) is 7.21. The quantitative estimate of drug-likeness (QED) is 0.574. The first-order valence-electron chi connectivity index (χ1n) is 7.60. The predicted octanol–water partition coefficient (Wildman–Crippen LogP) is 1.85. The Morgan fingerprint density at radius 1 is 1.32 bits per heavy atom. The first-order valence-corrected chi connectivity index (χ1v) is 8.55. The number of halogens is 1. The van der Waals surface area contributed by atoms with Gasteiger partial charge in [0.05, 0.1) is 19.2 Å². The Morgan fingerprint density at radius 2 is 2.09 bits per heavy atom. The summed E-state index contributed by atoms with van der Waals surface area (Å²) in [6.07, 6.45) is 5.12. The molecule has 1 aliphatic carbocycles. The zero-order valence-corrected chi connectivity index (χ0v) is 13.9. The Bertz CT molecular complexity index is 491. The summed E-state index contributed by atoms with van der Waals surface area (Å²) in [4.78, 5) is 10.9. The number of hydrogen-bond acceptors (Lipinski definition) is 7. The summed E-state index contributed by atoms with van der Waals surface area (Å²) >= 11 is 10.4. The Hall–Kier alpha value is -0.760. The van der Waals surface area contributed by atoms with Crippen molar-refractivity contribution in [2.45, 2.75) is 48.8 Å². The van der Waals surface area contributed by atoms with Gasteiger partial charge in [0.2, 0.25) is 5.95 Å². The Balaban J connectivity index is 1.64. The van der Waals surface area contributed by atoms with Crippen LogP contribution < -0.4 is 10.2 Å². The lowest BCUT2D eigenvalue weighted by Crippen LogP contribution is -2.44. The molecule has 2 aliphatic rings. The summed E-state index contributed by atoms with van der Waals surface area (Å²) in [5.41, 5.74) is -0.607. The highest BCUT2D eigenvalue weighted by Gasteiger charge is 2.26. The van der Waals surface area contributed by atoms with Crippen LogP contribution in [0.15, 0.2) is 12.3 Å². The van der Waals surface area contributed by atoms with Gasteiger partial charge in [-0.25, -0.2) is 4.98 Å². The van der Waals surface area contributed by atoms with Gasteiger partial charge >= 0.3 is 0 Å². The molecule has 22 heavy (non-hydrogen) atoms. The smallest absolute Gasteiger partial charge is 0.224 e. The maximum atomic E-state index is 9.56. The summed E-state index contributed by atoms with van der Waals surface area (Å²) in [6.45, 7) is 1.21. The van der Waals surface area contributed by atoms with E-state index in [4.69, 9.17) is 16.3 Å². The van der Waals surface area contributed by atoms with E-state index in [-0.39, 0.29) is 17.1 Å². The highest BCUT2D eigenvalue weighted by Crippen LogP contribution is 2.24. The van der Waals surface area contributed by atoms with Crippen molar-refractivity contribution in [2.24, 2.45) is 0 Å². The van der Waals surface area contributed by atoms with Gasteiger partial charge in [0.1, 0.15) is 16.8 Å². The van der Waals surface area contributed by atoms with Crippen molar-refractivity contribution in [2.75, 3.05) is 23.3 Å². The molecule has 1 saturated heterocycles. The number of alkyl halides is 1. The van der Waals surface area contributed by atoms with Gasteiger partial charge in [0.25, 0.3) is 0 Å². The number of thiol groups is 1. The standard InChI is InChI=1S/C14H21ClN4O2S/c15-11-7-19(8-13(22)21-11)12-5-6-16-14(18-12)17-9-1-3-10(20)4-2-9/h5-6,9-11,13,20,22H,1-4,7-8H2,(H,16,17,18)/t9?,10?,11-,13+/m0/s1. The lowest BCUT2D eigenvalue weighted by Gasteiger charge is -2.34. The van der Waals surface area contributed by atoms with Crippen molar-refractivity contribution < 1.29 is 9.84 Å². The van der Waals surface area contributed by atoms with Gasteiger partial charge in [-0.1, -0.05) is 11.6 Å². The Labute approximate surface area is 140 Å². The molecule has 8 heteroatoms. The molecule has 0 bridgehead atoms. The molecular formula is C14H21ClN4O2S. The van der Waals surface area contributed by atoms with Crippen molar-refractivity contribution in [3.63, 3.8) is 0 Å². The van der Waals surface area contributed by atoms with E-state index in [1.165, 1.54) is 0 Å². The van der Waals surface area contributed by atoms with E-state index in [1.807, 2.05) is 6.07 Å². The van der Waals surface area contributed by atoms with Gasteiger partial charge in [-0.2, -0.15) is 4.98 Å². The van der Waals surface area contributed by atoms with Crippen LogP contribution in [0.2, 0.25) is 0 Å². The molecule has 122 valence electrons. The molecule has 6 nitrogen and oxygen atoms in total. The van der Waals surface area contributed by atoms with Crippen LogP contribution in [0.5, 0.6) is 0 Å². The van der Waals surface area contributed by atoms with Crippen LogP contribution in [0.3, 0.4) is 0 Å². The molecule has 1 aliphatic heterocycles. The molecule has 1 saturated carbocycles. The molecular weight excluding hydrogens is 324 g/mol. The summed E-state index contributed by atoms with van der Waals surface area (Å²) in [5.74, 6) is 1.44. The molecule has 0 spiro atoms. The minimum Gasteiger partial charge on any atom is -0.393 e. The summed E-state index contributed by atoms with van der Waals surface area (Å²) in [7, 11) is 0. The van der Waals surface area contributed by atoms with Gasteiger partial charge in [0.15, 0.2) is 0 Å². The van der Waals surface area contributed by atoms with Crippen molar-refractivity contribution in [1.82, 2.24) is 9.97 Å². The normalized spacial score (nSPS) is 32.8. The van der Waals surface area contributed by atoms with Crippen molar-refractivity contribution in [3.05, 3.63) is 12.3 Å². The molecule has 2 heterocycles. The summed E-state index contributed by atoms with van der Waals surface area (Å²) < 4.78 is 5.40. The number of aliphatic hydroxyl groups excluding tert-OH is 1. The number of hydrogen-bond donors (Lipinski definition) is 3. The molecule has 2 atom stereocenters. The van der Waals surface area contributed by atoms with E-state index in [0.717, 1.165) is 31.5 Å². The zero-order chi connectivity index (χ0) is 15.5. The van der Waals surface area contributed by atoms with E-state index < -0.39 is 0 Å². The molecule has 1 aromatic rings. The van der Waals surface area contributed by atoms with Crippen molar-refractivity contribution >= 4 is 36.0 Å². The minimum atomic E-state index is -0.387. The van der Waals surface area contributed by atoms with E-state index in [0.29, 0.717) is 25.1 Å². The third kappa shape index (κ3) is 4.16. The number of rotatable bonds is 3. The van der Waals surface area contributed by atoms with Gasteiger partial charge < -0.3 is 20.1 Å². The first-order chi connectivity index (χ1) is 10.6. The topological polar surface area (TPSA) is 70.5 Å².